The molecule has 0 aromatic heterocycles. The number of fused-ring (bicyclic) bond motifs is 2. The van der Waals surface area contributed by atoms with Crippen LogP contribution in [0.1, 0.15) is 24.0 Å². The maximum atomic E-state index is 12.9. The fraction of sp³-hybridized carbons (Fsp3) is 0.350. The number of ether oxygens (including phenoxy) is 1. The standard InChI is InChI=1S/C20H24NO3P/c1-14(13-21(2,3)4)25-24-20(22)19-15-9-5-7-11-17(15)23-18-12-8-6-10-16(18)19/h5-12,14,19H,13H2,1-4H3. The molecule has 2 aromatic rings. The average molecular weight is 357 g/mol. The number of para-hydroxylation sites is 2. The fourth-order valence-electron chi connectivity index (χ4n) is 3.18. The lowest BCUT2D eigenvalue weighted by Crippen LogP contribution is -2.39. The van der Waals surface area contributed by atoms with Crippen molar-refractivity contribution in [3.05, 3.63) is 59.7 Å². The molecule has 25 heavy (non-hydrogen) atoms. The summed E-state index contributed by atoms with van der Waals surface area (Å²) in [5, 5.41) is 0. The van der Waals surface area contributed by atoms with Crippen molar-refractivity contribution in [3.8, 4) is 11.5 Å². The van der Waals surface area contributed by atoms with Crippen molar-refractivity contribution in [1.29, 1.82) is 0 Å². The summed E-state index contributed by atoms with van der Waals surface area (Å²) in [7, 11) is 7.11. The first-order valence-corrected chi connectivity index (χ1v) is 9.30. The molecule has 1 atom stereocenters. The summed E-state index contributed by atoms with van der Waals surface area (Å²) in [6.45, 7) is 3.04. The number of carbonyl (C=O) groups is 1. The van der Waals surface area contributed by atoms with Crippen LogP contribution in [0.25, 0.3) is 0 Å². The summed E-state index contributed by atoms with van der Waals surface area (Å²) in [5.41, 5.74) is 2.00. The van der Waals surface area contributed by atoms with Crippen LogP contribution in [0.4, 0.5) is 0 Å². The van der Waals surface area contributed by atoms with E-state index >= 15 is 0 Å². The van der Waals surface area contributed by atoms with Gasteiger partial charge in [0.05, 0.1) is 27.7 Å². The molecule has 0 radical (unpaired) electrons. The van der Waals surface area contributed by atoms with E-state index in [1.165, 1.54) is 0 Å². The van der Waals surface area contributed by atoms with Crippen LogP contribution in [0.3, 0.4) is 0 Å². The number of hydrogen-bond donors (Lipinski definition) is 0. The Hall–Kier alpha value is -1.90. The van der Waals surface area contributed by atoms with Crippen molar-refractivity contribution >= 4 is 14.8 Å². The third kappa shape index (κ3) is 4.20. The highest BCUT2D eigenvalue weighted by Gasteiger charge is 2.32. The van der Waals surface area contributed by atoms with Crippen LogP contribution < -0.4 is 4.74 Å². The molecule has 0 saturated carbocycles. The average Bonchev–Trinajstić information content (AvgIpc) is 2.56. The molecular weight excluding hydrogens is 333 g/mol. The van der Waals surface area contributed by atoms with Gasteiger partial charge in [-0.25, -0.2) is 0 Å². The van der Waals surface area contributed by atoms with Crippen LogP contribution in [0.15, 0.2) is 48.5 Å². The number of quaternary nitrogens is 1. The zero-order valence-corrected chi connectivity index (χ0v) is 16.0. The smallest absolute Gasteiger partial charge is 0.286 e. The van der Waals surface area contributed by atoms with Crippen molar-refractivity contribution in [1.82, 2.24) is 0 Å². The van der Waals surface area contributed by atoms with E-state index in [0.717, 1.165) is 33.7 Å². The van der Waals surface area contributed by atoms with Gasteiger partial charge in [-0.2, -0.15) is 0 Å². The first-order chi connectivity index (χ1) is 11.8. The first-order valence-electron chi connectivity index (χ1n) is 8.42. The summed E-state index contributed by atoms with van der Waals surface area (Å²) in [4.78, 5) is 12.9. The lowest BCUT2D eigenvalue weighted by molar-refractivity contribution is -0.869. The molecule has 4 nitrogen and oxygen atoms in total. The van der Waals surface area contributed by atoms with Crippen molar-refractivity contribution < 1.29 is 18.5 Å². The Morgan fingerprint density at radius 3 is 2.12 bits per heavy atom. The van der Waals surface area contributed by atoms with Gasteiger partial charge in [-0.1, -0.05) is 49.0 Å². The molecule has 132 valence electrons. The SMILES string of the molecule is CC(C[N+](C)(C)C)[P-]OC(=O)C1c2ccccc2Oc2ccccc21. The second-order valence-electron chi connectivity index (χ2n) is 7.45. The number of benzene rings is 2. The molecule has 1 aliphatic heterocycles. The van der Waals surface area contributed by atoms with Gasteiger partial charge >= 0.3 is 0 Å². The largest absolute Gasteiger partial charge is 0.644 e. The van der Waals surface area contributed by atoms with Gasteiger partial charge in [0, 0.05) is 11.1 Å². The molecule has 0 saturated heterocycles. The maximum absolute atomic E-state index is 12.9. The number of rotatable bonds is 5. The number of nitrogens with zero attached hydrogens (tertiary/aromatic N) is 1. The van der Waals surface area contributed by atoms with Crippen molar-refractivity contribution in [3.63, 3.8) is 0 Å². The molecule has 0 spiro atoms. The molecule has 5 heteroatoms. The molecule has 0 aliphatic carbocycles. The number of hydrogen-bond acceptors (Lipinski definition) is 3. The Bertz CT molecular complexity index is 724. The highest BCUT2D eigenvalue weighted by atomic mass is 31.1. The molecule has 1 heterocycles. The van der Waals surface area contributed by atoms with Crippen LogP contribution in [0.2, 0.25) is 0 Å². The summed E-state index contributed by atoms with van der Waals surface area (Å²) in [6.07, 6.45) is 0. The normalized spacial score (nSPS) is 15.4. The summed E-state index contributed by atoms with van der Waals surface area (Å²) >= 11 is 0. The zero-order chi connectivity index (χ0) is 18.0. The minimum absolute atomic E-state index is 0.224. The first kappa shape index (κ1) is 17.9. The fourth-order valence-corrected chi connectivity index (χ4v) is 4.13. The van der Waals surface area contributed by atoms with E-state index in [9.17, 15) is 4.79 Å². The molecule has 0 bridgehead atoms. The van der Waals surface area contributed by atoms with E-state index in [4.69, 9.17) is 9.26 Å². The second-order valence-corrected chi connectivity index (χ2v) is 8.72. The quantitative estimate of drug-likeness (QED) is 0.587. The third-order valence-electron chi connectivity index (χ3n) is 4.05. The Balaban J connectivity index is 1.80. The van der Waals surface area contributed by atoms with Gasteiger partial charge in [0.1, 0.15) is 17.4 Å². The molecule has 0 amide bonds. The van der Waals surface area contributed by atoms with Gasteiger partial charge in [0.25, 0.3) is 5.97 Å². The Labute approximate surface area is 151 Å². The second kappa shape index (κ2) is 7.15. The van der Waals surface area contributed by atoms with E-state index in [-0.39, 0.29) is 11.6 Å². The van der Waals surface area contributed by atoms with Crippen LogP contribution in [-0.4, -0.2) is 43.8 Å². The molecule has 3 rings (SSSR count). The van der Waals surface area contributed by atoms with Crippen LogP contribution in [-0.2, 0) is 9.32 Å². The molecule has 1 aliphatic rings. The minimum Gasteiger partial charge on any atom is -0.644 e. The van der Waals surface area contributed by atoms with Gasteiger partial charge < -0.3 is 22.6 Å². The van der Waals surface area contributed by atoms with Crippen LogP contribution in [0.5, 0.6) is 11.5 Å². The van der Waals surface area contributed by atoms with Gasteiger partial charge in [-0.15, -0.1) is 0 Å². The molecule has 0 fully saturated rings. The summed E-state index contributed by atoms with van der Waals surface area (Å²) < 4.78 is 12.4. The predicted molar refractivity (Wildman–Crippen MR) is 100 cm³/mol. The maximum Gasteiger partial charge on any atom is 0.286 e. The number of carbonyl (C=O) groups excluding carboxylic acids is 1. The molecule has 0 N–H and O–H groups in total. The van der Waals surface area contributed by atoms with Crippen LogP contribution >= 0.6 is 8.81 Å². The van der Waals surface area contributed by atoms with E-state index in [2.05, 4.69) is 28.1 Å². The highest BCUT2D eigenvalue weighted by molar-refractivity contribution is 7.33. The predicted octanol–water partition coefficient (Wildman–Crippen LogP) is 4.42. The topological polar surface area (TPSA) is 35.5 Å². The van der Waals surface area contributed by atoms with Crippen molar-refractivity contribution in [2.45, 2.75) is 18.5 Å². The highest BCUT2D eigenvalue weighted by Crippen LogP contribution is 2.45. The summed E-state index contributed by atoms with van der Waals surface area (Å²) in [6, 6.07) is 15.3. The van der Waals surface area contributed by atoms with Crippen molar-refractivity contribution in [2.75, 3.05) is 27.7 Å². The molecule has 1 unspecified atom stereocenters. The monoisotopic (exact) mass is 357 g/mol. The lowest BCUT2D eigenvalue weighted by Gasteiger charge is -2.35. The van der Waals surface area contributed by atoms with Gasteiger partial charge in [0.15, 0.2) is 0 Å². The summed E-state index contributed by atoms with van der Waals surface area (Å²) in [5.74, 6) is 0.779. The van der Waals surface area contributed by atoms with Crippen molar-refractivity contribution in [2.24, 2.45) is 0 Å². The lowest BCUT2D eigenvalue weighted by atomic mass is 9.88. The van der Waals surface area contributed by atoms with E-state index in [1.807, 2.05) is 48.5 Å². The van der Waals surface area contributed by atoms with E-state index in [1.54, 1.807) is 0 Å². The van der Waals surface area contributed by atoms with E-state index < -0.39 is 5.92 Å². The Kier molecular flexibility index (Phi) is 5.12. The van der Waals surface area contributed by atoms with E-state index in [0.29, 0.717) is 8.81 Å². The van der Waals surface area contributed by atoms with Gasteiger partial charge in [-0.3, -0.25) is 4.79 Å². The third-order valence-corrected chi connectivity index (χ3v) is 4.86. The molecule has 2 aromatic carbocycles. The zero-order valence-electron chi connectivity index (χ0n) is 15.1. The molecular formula is C20H24NO3P. The van der Waals surface area contributed by atoms with Gasteiger partial charge in [0.2, 0.25) is 0 Å². The Morgan fingerprint density at radius 1 is 1.08 bits per heavy atom. The Morgan fingerprint density at radius 2 is 1.60 bits per heavy atom. The van der Waals surface area contributed by atoms with Crippen LogP contribution in [0, 0.1) is 0 Å². The minimum atomic E-state index is -0.440. The van der Waals surface area contributed by atoms with Gasteiger partial charge in [-0.05, 0) is 12.1 Å².